The zero-order chi connectivity index (χ0) is 17.1. The molecule has 22 heavy (non-hydrogen) atoms. The fourth-order valence-corrected chi connectivity index (χ4v) is 3.05. The van der Waals surface area contributed by atoms with Crippen LogP contribution < -0.4 is 4.67 Å². The van der Waals surface area contributed by atoms with Crippen molar-refractivity contribution in [3.63, 3.8) is 0 Å². The predicted octanol–water partition coefficient (Wildman–Crippen LogP) is -0.181. The maximum Gasteiger partial charge on any atom is 0.417 e. The summed E-state index contributed by atoms with van der Waals surface area (Å²) in [5, 5.41) is 20.0. The van der Waals surface area contributed by atoms with Gasteiger partial charge in [-0.05, 0) is 0 Å². The van der Waals surface area contributed by atoms with Crippen LogP contribution in [0.4, 0.5) is 13.2 Å². The van der Waals surface area contributed by atoms with E-state index in [1.54, 1.807) is 19.0 Å². The van der Waals surface area contributed by atoms with Crippen molar-refractivity contribution in [3.8, 4) is 0 Å². The Hall–Kier alpha value is -0.770. The van der Waals surface area contributed by atoms with E-state index in [2.05, 4.69) is 16.1 Å². The number of methoxy groups -OCH3 is 1. The zero-order valence-corrected chi connectivity index (χ0v) is 13.3. The van der Waals surface area contributed by atoms with Crippen LogP contribution in [0.1, 0.15) is 6.42 Å². The number of thioether (sulfide) groups is 1. The molecule has 0 bridgehead atoms. The molecule has 0 aromatic carbocycles. The number of nitrogens with zero attached hydrogens (tertiary/aromatic N) is 2. The summed E-state index contributed by atoms with van der Waals surface area (Å²) in [6, 6.07) is 0. The number of hydrogen-bond acceptors (Lipinski definition) is 5. The fourth-order valence-electron chi connectivity index (χ4n) is 2.05. The van der Waals surface area contributed by atoms with Gasteiger partial charge in [0.05, 0.1) is 20.2 Å². The molecule has 0 unspecified atom stereocenters. The molecule has 0 aromatic heterocycles. The number of aliphatic hydroxyl groups is 2. The summed E-state index contributed by atoms with van der Waals surface area (Å²) in [7, 11) is 4.26. The minimum atomic E-state index is -4.72. The van der Waals surface area contributed by atoms with Crippen LogP contribution in [0.5, 0.6) is 0 Å². The highest BCUT2D eigenvalue weighted by Crippen LogP contribution is 2.35. The first-order valence-corrected chi connectivity index (χ1v) is 7.28. The number of rotatable bonds is 3. The fraction of sp³-hybridized carbons (Fsp3) is 0.833. The van der Waals surface area contributed by atoms with Gasteiger partial charge in [0.15, 0.2) is 12.8 Å². The lowest BCUT2D eigenvalue weighted by atomic mass is 9.97. The lowest BCUT2D eigenvalue weighted by molar-refractivity contribution is -0.276. The number of halogens is 3. The van der Waals surface area contributed by atoms with Crippen LogP contribution in [0.3, 0.4) is 0 Å². The van der Waals surface area contributed by atoms with Crippen LogP contribution in [-0.4, -0.2) is 84.2 Å². The maximum absolute atomic E-state index is 12.9. The van der Waals surface area contributed by atoms with Gasteiger partial charge < -0.3 is 19.7 Å². The summed E-state index contributed by atoms with van der Waals surface area (Å²) in [5.74, 6) is 0. The van der Waals surface area contributed by atoms with E-state index < -0.39 is 36.0 Å². The molecular formula is C12H20F3N2O4S+. The Balaban J connectivity index is 2.92. The van der Waals surface area contributed by atoms with E-state index in [9.17, 15) is 23.4 Å². The highest BCUT2D eigenvalue weighted by atomic mass is 32.2. The van der Waals surface area contributed by atoms with E-state index in [0.717, 1.165) is 18.9 Å². The molecule has 0 saturated carbocycles. The minimum Gasteiger partial charge on any atom is -0.390 e. The van der Waals surface area contributed by atoms with E-state index in [1.165, 1.54) is 0 Å². The molecule has 6 nitrogen and oxygen atoms in total. The molecule has 1 saturated heterocycles. The Labute approximate surface area is 130 Å². The molecule has 2 N–H and O–H groups in total. The predicted molar refractivity (Wildman–Crippen MR) is 77.7 cm³/mol. The van der Waals surface area contributed by atoms with Crippen molar-refractivity contribution in [2.45, 2.75) is 42.4 Å². The molecule has 5 atom stereocenters. The first-order chi connectivity index (χ1) is 10.1. The maximum atomic E-state index is 12.9. The van der Waals surface area contributed by atoms with E-state index >= 15 is 0 Å². The lowest BCUT2D eigenvalue weighted by Gasteiger charge is -2.39. The van der Waals surface area contributed by atoms with Crippen LogP contribution in [-0.2, 0) is 9.47 Å². The van der Waals surface area contributed by atoms with Crippen LogP contribution in [0.2, 0.25) is 0 Å². The van der Waals surface area contributed by atoms with Gasteiger partial charge in [-0.1, -0.05) is 0 Å². The molecule has 1 aliphatic rings. The summed E-state index contributed by atoms with van der Waals surface area (Å²) in [5.41, 5.74) is -0.814. The molecule has 0 aromatic rings. The average Bonchev–Trinajstić information content (AvgIpc) is 2.39. The highest BCUT2D eigenvalue weighted by Gasteiger charge is 2.53. The first kappa shape index (κ1) is 19.3. The molecule has 0 aliphatic carbocycles. The van der Waals surface area contributed by atoms with Gasteiger partial charge in [0.25, 0.3) is 0 Å². The van der Waals surface area contributed by atoms with E-state index in [-0.39, 0.29) is 6.42 Å². The SMILES string of the molecule is C=[N+]=C(S[C@@H]1C[C@@H](O)[C@H](O)[C@@H]([C@@H](OC)C(F)(F)F)O1)N(C)C. The van der Waals surface area contributed by atoms with E-state index in [0.29, 0.717) is 5.17 Å². The lowest BCUT2D eigenvalue weighted by Crippen LogP contribution is -2.57. The van der Waals surface area contributed by atoms with E-state index in [4.69, 9.17) is 4.74 Å². The summed E-state index contributed by atoms with van der Waals surface area (Å²) in [6.45, 7) is 3.37. The molecule has 0 radical (unpaired) electrons. The van der Waals surface area contributed by atoms with E-state index in [1.807, 2.05) is 0 Å². The van der Waals surface area contributed by atoms with Crippen molar-refractivity contribution in [3.05, 3.63) is 0 Å². The number of ether oxygens (including phenoxy) is 2. The van der Waals surface area contributed by atoms with Gasteiger partial charge in [-0.15, -0.1) is 0 Å². The highest BCUT2D eigenvalue weighted by molar-refractivity contribution is 8.14. The first-order valence-electron chi connectivity index (χ1n) is 6.40. The standard InChI is InChI=1S/C12H20F3N2O4S/c1-16-11(17(2)3)22-7-5-6(18)8(19)9(21-7)10(20-4)12(13,14)15/h6-10,18-19H,1,5H2,2-4H3/q+1/t6-,7-,8+,9+,10-/m1/s1. The van der Waals surface area contributed by atoms with Gasteiger partial charge in [-0.25, -0.2) is 9.57 Å². The van der Waals surface area contributed by atoms with Gasteiger partial charge in [0.1, 0.15) is 17.6 Å². The zero-order valence-electron chi connectivity index (χ0n) is 12.4. The van der Waals surface area contributed by atoms with Crippen molar-refractivity contribution in [1.82, 2.24) is 9.57 Å². The van der Waals surface area contributed by atoms with Crippen molar-refractivity contribution in [2.24, 2.45) is 0 Å². The molecule has 1 heterocycles. The third-order valence-electron chi connectivity index (χ3n) is 3.10. The summed E-state index contributed by atoms with van der Waals surface area (Å²) >= 11 is 1.02. The van der Waals surface area contributed by atoms with Crippen molar-refractivity contribution >= 4 is 23.6 Å². The van der Waals surface area contributed by atoms with Crippen molar-refractivity contribution < 1.29 is 32.9 Å². The topological polar surface area (TPSA) is 76.3 Å². The normalized spacial score (nSPS) is 30.5. The van der Waals surface area contributed by atoms with Crippen LogP contribution in [0.25, 0.3) is 0 Å². The molecule has 128 valence electrons. The Morgan fingerprint density at radius 3 is 2.45 bits per heavy atom. The number of amidine groups is 1. The number of hydrogen-bond donors (Lipinski definition) is 2. The molecule has 0 spiro atoms. The second-order valence-electron chi connectivity index (χ2n) is 4.97. The summed E-state index contributed by atoms with van der Waals surface area (Å²) in [4.78, 5) is 1.62. The van der Waals surface area contributed by atoms with Gasteiger partial charge in [0, 0.05) is 25.3 Å². The Morgan fingerprint density at radius 2 is 2.05 bits per heavy atom. The molecule has 1 rings (SSSR count). The smallest absolute Gasteiger partial charge is 0.390 e. The third kappa shape index (κ3) is 4.61. The third-order valence-corrected chi connectivity index (χ3v) is 4.37. The Morgan fingerprint density at radius 1 is 1.45 bits per heavy atom. The summed E-state index contributed by atoms with van der Waals surface area (Å²) in [6.07, 6.45) is -11.9. The monoisotopic (exact) mass is 345 g/mol. The molecular weight excluding hydrogens is 325 g/mol. The molecule has 1 fully saturated rings. The Kier molecular flexibility index (Phi) is 6.72. The van der Waals surface area contributed by atoms with Gasteiger partial charge in [-0.3, -0.25) is 0 Å². The average molecular weight is 345 g/mol. The van der Waals surface area contributed by atoms with Crippen molar-refractivity contribution in [2.75, 3.05) is 21.2 Å². The molecule has 10 heteroatoms. The number of alkyl halides is 3. The Bertz CT molecular complexity index is 429. The molecule has 0 amide bonds. The quantitative estimate of drug-likeness (QED) is 0.420. The second-order valence-corrected chi connectivity index (χ2v) is 6.10. The van der Waals surface area contributed by atoms with Crippen molar-refractivity contribution in [1.29, 1.82) is 0 Å². The van der Waals surface area contributed by atoms with Gasteiger partial charge in [-0.2, -0.15) is 13.2 Å². The van der Waals surface area contributed by atoms with Crippen LogP contribution in [0, 0.1) is 0 Å². The largest absolute Gasteiger partial charge is 0.417 e. The number of aliphatic hydroxyl groups excluding tert-OH is 2. The van der Waals surface area contributed by atoms with Gasteiger partial charge in [0.2, 0.25) is 0 Å². The molecule has 1 aliphatic heterocycles. The van der Waals surface area contributed by atoms with Crippen LogP contribution in [0.15, 0.2) is 0 Å². The van der Waals surface area contributed by atoms with Gasteiger partial charge >= 0.3 is 11.3 Å². The summed E-state index contributed by atoms with van der Waals surface area (Å²) < 4.78 is 52.3. The second kappa shape index (κ2) is 7.67. The van der Waals surface area contributed by atoms with Crippen LogP contribution >= 0.6 is 11.8 Å². The minimum absolute atomic E-state index is 0.0382.